The quantitative estimate of drug-likeness (QED) is 0.316. The Hall–Kier alpha value is -4.29. The maximum atomic E-state index is 13.1. The van der Waals surface area contributed by atoms with Gasteiger partial charge in [0, 0.05) is 43.6 Å². The molecule has 4 heterocycles. The van der Waals surface area contributed by atoms with Crippen molar-refractivity contribution >= 4 is 56.5 Å². The fourth-order valence-electron chi connectivity index (χ4n) is 5.92. The van der Waals surface area contributed by atoms with Gasteiger partial charge in [-0.15, -0.1) is 0 Å². The number of halogens is 1. The highest BCUT2D eigenvalue weighted by Gasteiger charge is 2.26. The molecule has 0 saturated carbocycles. The highest BCUT2D eigenvalue weighted by molar-refractivity contribution is 9.10. The van der Waals surface area contributed by atoms with E-state index in [0.717, 1.165) is 35.2 Å². The van der Waals surface area contributed by atoms with Gasteiger partial charge in [-0.3, -0.25) is 18.8 Å². The number of rotatable bonds is 6. The molecule has 6 rings (SSSR count). The van der Waals surface area contributed by atoms with E-state index < -0.39 is 5.91 Å². The number of benzene rings is 2. The summed E-state index contributed by atoms with van der Waals surface area (Å²) < 4.78 is 7.93. The van der Waals surface area contributed by atoms with Crippen LogP contribution in [0.1, 0.15) is 42.0 Å². The minimum Gasteiger partial charge on any atom is -0.378 e. The number of nitrogens with one attached hydrogen (secondary N) is 2. The first kappa shape index (κ1) is 29.8. The first-order valence-corrected chi connectivity index (χ1v) is 15.5. The second-order valence-electron chi connectivity index (χ2n) is 11.2. The molecule has 12 heteroatoms. The number of aromatic nitrogens is 3. The summed E-state index contributed by atoms with van der Waals surface area (Å²) in [5.41, 5.74) is 6.28. The molecule has 3 amide bonds. The average molecular weight is 661 g/mol. The Bertz CT molecular complexity index is 1750. The smallest absolute Gasteiger partial charge is 0.272 e. The van der Waals surface area contributed by atoms with Gasteiger partial charge < -0.3 is 25.2 Å². The van der Waals surface area contributed by atoms with Crippen molar-refractivity contribution in [1.82, 2.24) is 19.7 Å². The van der Waals surface area contributed by atoms with Crippen LogP contribution in [-0.2, 0) is 20.7 Å². The van der Waals surface area contributed by atoms with Crippen LogP contribution in [0.5, 0.6) is 0 Å². The molecule has 2 aliphatic rings. The van der Waals surface area contributed by atoms with Gasteiger partial charge in [-0.25, -0.2) is 9.97 Å². The van der Waals surface area contributed by atoms with Gasteiger partial charge in [0.25, 0.3) is 5.91 Å². The summed E-state index contributed by atoms with van der Waals surface area (Å²) in [4.78, 5) is 51.2. The van der Waals surface area contributed by atoms with E-state index in [1.807, 2.05) is 52.6 Å². The minimum absolute atomic E-state index is 0.0550. The SMILES string of the molecule is CC(=O)N1c2ccc(-c3ccc(NC(=O)CNC(=O)c4nc5c(N6CCOCC6)nc(Br)cn5c4C)cc3)cc2CC[C@@H]1C. The lowest BCUT2D eigenvalue weighted by Gasteiger charge is -2.34. The van der Waals surface area contributed by atoms with E-state index in [4.69, 9.17) is 4.74 Å². The standard InChI is InChI=1S/C32H34BrN7O4/c1-19-4-5-24-16-23(8-11-26(24)40(19)21(3)41)22-6-9-25(10-7-22)35-28(42)17-34-32(43)29-20(2)39-18-27(33)36-30(31(39)37-29)38-12-14-44-15-13-38/h6-11,16,18-19H,4-5,12-15,17H2,1-3H3,(H,34,43)(H,35,42)/t19-/m0/s1. The van der Waals surface area contributed by atoms with Crippen molar-refractivity contribution in [3.63, 3.8) is 0 Å². The molecule has 1 fully saturated rings. The molecule has 0 bridgehead atoms. The van der Waals surface area contributed by atoms with E-state index >= 15 is 0 Å². The third-order valence-electron chi connectivity index (χ3n) is 8.19. The van der Waals surface area contributed by atoms with E-state index in [0.29, 0.717) is 53.8 Å². The van der Waals surface area contributed by atoms with E-state index in [1.165, 1.54) is 0 Å². The second kappa shape index (κ2) is 12.4. The Kier molecular flexibility index (Phi) is 8.37. The fourth-order valence-corrected chi connectivity index (χ4v) is 6.30. The topological polar surface area (TPSA) is 121 Å². The largest absolute Gasteiger partial charge is 0.378 e. The summed E-state index contributed by atoms with van der Waals surface area (Å²) in [7, 11) is 0. The molecule has 2 aliphatic heterocycles. The molecular weight excluding hydrogens is 626 g/mol. The van der Waals surface area contributed by atoms with Gasteiger partial charge in [0.2, 0.25) is 11.8 Å². The van der Waals surface area contributed by atoms with Crippen molar-refractivity contribution in [1.29, 1.82) is 0 Å². The molecule has 0 spiro atoms. The van der Waals surface area contributed by atoms with Gasteiger partial charge in [-0.1, -0.05) is 18.2 Å². The number of amides is 3. The number of aryl methyl sites for hydroxylation is 2. The third kappa shape index (κ3) is 5.91. The van der Waals surface area contributed by atoms with Gasteiger partial charge in [0.15, 0.2) is 11.5 Å². The van der Waals surface area contributed by atoms with Gasteiger partial charge in [-0.05, 0) is 83.6 Å². The zero-order valence-corrected chi connectivity index (χ0v) is 26.5. The summed E-state index contributed by atoms with van der Waals surface area (Å²) in [6.07, 6.45) is 3.63. The maximum Gasteiger partial charge on any atom is 0.272 e. The number of carbonyl (C=O) groups excluding carboxylic acids is 3. The summed E-state index contributed by atoms with van der Waals surface area (Å²) >= 11 is 3.47. The Balaban J connectivity index is 1.10. The maximum absolute atomic E-state index is 13.1. The number of imidazole rings is 1. The van der Waals surface area contributed by atoms with Crippen LogP contribution in [0.2, 0.25) is 0 Å². The lowest BCUT2D eigenvalue weighted by atomic mass is 9.93. The summed E-state index contributed by atoms with van der Waals surface area (Å²) in [6, 6.07) is 13.9. The average Bonchev–Trinajstić information content (AvgIpc) is 3.35. The zero-order valence-electron chi connectivity index (χ0n) is 24.9. The number of hydrogen-bond donors (Lipinski definition) is 2. The van der Waals surface area contributed by atoms with Crippen LogP contribution in [0, 0.1) is 6.92 Å². The van der Waals surface area contributed by atoms with Crippen LogP contribution >= 0.6 is 15.9 Å². The Morgan fingerprint density at radius 3 is 2.50 bits per heavy atom. The fraction of sp³-hybridized carbons (Fsp3) is 0.344. The van der Waals surface area contributed by atoms with Crippen LogP contribution in [-0.4, -0.2) is 71.0 Å². The van der Waals surface area contributed by atoms with Gasteiger partial charge >= 0.3 is 0 Å². The van der Waals surface area contributed by atoms with Crippen molar-refractivity contribution in [3.05, 3.63) is 70.2 Å². The molecule has 4 aromatic rings. The number of ether oxygens (including phenoxy) is 1. The molecule has 11 nitrogen and oxygen atoms in total. The van der Waals surface area contributed by atoms with Crippen LogP contribution in [0.3, 0.4) is 0 Å². The first-order valence-electron chi connectivity index (χ1n) is 14.7. The number of morpholine rings is 1. The van der Waals surface area contributed by atoms with Crippen molar-refractivity contribution < 1.29 is 19.1 Å². The molecule has 2 aromatic heterocycles. The molecule has 1 saturated heterocycles. The molecule has 2 N–H and O–H groups in total. The summed E-state index contributed by atoms with van der Waals surface area (Å²) in [6.45, 7) is 7.85. The molecule has 2 aromatic carbocycles. The van der Waals surface area contributed by atoms with Crippen LogP contribution in [0.25, 0.3) is 16.8 Å². The Morgan fingerprint density at radius 1 is 1.05 bits per heavy atom. The molecule has 0 aliphatic carbocycles. The lowest BCUT2D eigenvalue weighted by molar-refractivity contribution is -0.117. The summed E-state index contributed by atoms with van der Waals surface area (Å²) in [5, 5.41) is 5.54. The van der Waals surface area contributed by atoms with Gasteiger partial charge in [0.05, 0.1) is 25.5 Å². The number of fused-ring (bicyclic) bond motifs is 2. The first-order chi connectivity index (χ1) is 21.2. The molecular formula is C32H34BrN7O4. The zero-order chi connectivity index (χ0) is 31.0. The summed E-state index contributed by atoms with van der Waals surface area (Å²) in [5.74, 6) is -0.0579. The predicted molar refractivity (Wildman–Crippen MR) is 172 cm³/mol. The lowest BCUT2D eigenvalue weighted by Crippen LogP contribution is -2.40. The van der Waals surface area contributed by atoms with Crippen LogP contribution in [0.15, 0.2) is 53.3 Å². The highest BCUT2D eigenvalue weighted by atomic mass is 79.9. The number of anilines is 3. The Labute approximate surface area is 263 Å². The number of carbonyl (C=O) groups is 3. The van der Waals surface area contributed by atoms with E-state index in [9.17, 15) is 14.4 Å². The highest BCUT2D eigenvalue weighted by Crippen LogP contribution is 2.34. The molecule has 0 radical (unpaired) electrons. The molecule has 0 unspecified atom stereocenters. The second-order valence-corrected chi connectivity index (χ2v) is 12.0. The molecule has 1 atom stereocenters. The van der Waals surface area contributed by atoms with Crippen molar-refractivity contribution in [2.45, 2.75) is 39.7 Å². The van der Waals surface area contributed by atoms with E-state index in [1.54, 1.807) is 13.1 Å². The number of nitrogens with zero attached hydrogens (tertiary/aromatic N) is 5. The van der Waals surface area contributed by atoms with E-state index in [2.05, 4.69) is 54.4 Å². The van der Waals surface area contributed by atoms with Crippen molar-refractivity contribution in [3.8, 4) is 11.1 Å². The Morgan fingerprint density at radius 2 is 1.77 bits per heavy atom. The van der Waals surface area contributed by atoms with Crippen molar-refractivity contribution in [2.75, 3.05) is 48.0 Å². The van der Waals surface area contributed by atoms with E-state index in [-0.39, 0.29) is 30.1 Å². The monoisotopic (exact) mass is 659 g/mol. The third-order valence-corrected chi connectivity index (χ3v) is 8.57. The van der Waals surface area contributed by atoms with Gasteiger partial charge in [0.1, 0.15) is 10.3 Å². The van der Waals surface area contributed by atoms with Gasteiger partial charge in [-0.2, -0.15) is 0 Å². The molecule has 228 valence electrons. The molecule has 44 heavy (non-hydrogen) atoms. The predicted octanol–water partition coefficient (Wildman–Crippen LogP) is 4.36. The minimum atomic E-state index is -0.439. The normalized spacial score (nSPS) is 16.5. The van der Waals surface area contributed by atoms with Crippen LogP contribution in [0.4, 0.5) is 17.2 Å². The van der Waals surface area contributed by atoms with Crippen molar-refractivity contribution in [2.24, 2.45) is 0 Å². The number of hydrogen-bond acceptors (Lipinski definition) is 7. The van der Waals surface area contributed by atoms with Crippen LogP contribution < -0.4 is 20.4 Å².